The molecule has 0 bridgehead atoms. The SMILES string of the molecule is CC(C)c1ccc(NC(=O)COCC(=O)NCC2CCCO2)cc1. The Hall–Kier alpha value is -1.92. The van der Waals surface area contributed by atoms with Gasteiger partial charge in [-0.05, 0) is 36.5 Å². The largest absolute Gasteiger partial charge is 0.376 e. The molecule has 2 N–H and O–H groups in total. The molecule has 6 nitrogen and oxygen atoms in total. The quantitative estimate of drug-likeness (QED) is 0.763. The minimum absolute atomic E-state index is 0.103. The van der Waals surface area contributed by atoms with Gasteiger partial charge in [0.25, 0.3) is 0 Å². The summed E-state index contributed by atoms with van der Waals surface area (Å²) < 4.78 is 10.6. The molecule has 1 unspecified atom stereocenters. The summed E-state index contributed by atoms with van der Waals surface area (Å²) in [5.41, 5.74) is 1.93. The Morgan fingerprint density at radius 2 is 1.92 bits per heavy atom. The second-order valence-corrected chi connectivity index (χ2v) is 6.26. The lowest BCUT2D eigenvalue weighted by Gasteiger charge is -2.11. The maximum atomic E-state index is 11.8. The lowest BCUT2D eigenvalue weighted by Crippen LogP contribution is -2.35. The van der Waals surface area contributed by atoms with E-state index in [0.29, 0.717) is 12.5 Å². The van der Waals surface area contributed by atoms with E-state index in [4.69, 9.17) is 9.47 Å². The van der Waals surface area contributed by atoms with Gasteiger partial charge in [-0.1, -0.05) is 26.0 Å². The van der Waals surface area contributed by atoms with Crippen molar-refractivity contribution in [2.45, 2.75) is 38.7 Å². The van der Waals surface area contributed by atoms with Gasteiger partial charge in [-0.25, -0.2) is 0 Å². The van der Waals surface area contributed by atoms with Gasteiger partial charge in [-0.3, -0.25) is 9.59 Å². The van der Waals surface area contributed by atoms with Gasteiger partial charge in [0.2, 0.25) is 11.8 Å². The average molecular weight is 334 g/mol. The Morgan fingerprint density at radius 1 is 1.21 bits per heavy atom. The maximum absolute atomic E-state index is 11.8. The van der Waals surface area contributed by atoms with Gasteiger partial charge in [0, 0.05) is 18.8 Å². The predicted molar refractivity (Wildman–Crippen MR) is 92.0 cm³/mol. The fourth-order valence-electron chi connectivity index (χ4n) is 2.47. The second kappa shape index (κ2) is 9.39. The van der Waals surface area contributed by atoms with Gasteiger partial charge >= 0.3 is 0 Å². The smallest absolute Gasteiger partial charge is 0.250 e. The molecule has 2 amide bonds. The van der Waals surface area contributed by atoms with Crippen LogP contribution in [-0.2, 0) is 19.1 Å². The Bertz CT molecular complexity index is 536. The summed E-state index contributed by atoms with van der Waals surface area (Å²) in [7, 11) is 0. The van der Waals surface area contributed by atoms with Crippen molar-refractivity contribution in [1.82, 2.24) is 5.32 Å². The highest BCUT2D eigenvalue weighted by molar-refractivity contribution is 5.91. The Morgan fingerprint density at radius 3 is 2.54 bits per heavy atom. The number of rotatable bonds is 8. The average Bonchev–Trinajstić information content (AvgIpc) is 3.07. The van der Waals surface area contributed by atoms with Crippen LogP contribution in [0.1, 0.15) is 38.2 Å². The molecule has 6 heteroatoms. The molecule has 132 valence electrons. The molecule has 1 aliphatic heterocycles. The van der Waals surface area contributed by atoms with Crippen LogP contribution in [0.3, 0.4) is 0 Å². The van der Waals surface area contributed by atoms with Crippen molar-refractivity contribution in [2.24, 2.45) is 0 Å². The van der Waals surface area contributed by atoms with Gasteiger partial charge < -0.3 is 20.1 Å². The fourth-order valence-corrected chi connectivity index (χ4v) is 2.47. The summed E-state index contributed by atoms with van der Waals surface area (Å²) in [6, 6.07) is 7.70. The van der Waals surface area contributed by atoms with Crippen LogP contribution in [0.5, 0.6) is 0 Å². The lowest BCUT2D eigenvalue weighted by atomic mass is 10.0. The predicted octanol–water partition coefficient (Wildman–Crippen LogP) is 2.06. The van der Waals surface area contributed by atoms with Crippen LogP contribution in [0, 0.1) is 0 Å². The number of amides is 2. The van der Waals surface area contributed by atoms with Crippen molar-refractivity contribution in [1.29, 1.82) is 0 Å². The van der Waals surface area contributed by atoms with Gasteiger partial charge in [-0.15, -0.1) is 0 Å². The van der Waals surface area contributed by atoms with Crippen LogP contribution in [-0.4, -0.2) is 44.3 Å². The molecule has 24 heavy (non-hydrogen) atoms. The van der Waals surface area contributed by atoms with Crippen LogP contribution in [0.2, 0.25) is 0 Å². The molecular weight excluding hydrogens is 308 g/mol. The number of nitrogens with one attached hydrogen (secondary N) is 2. The molecule has 1 aromatic carbocycles. The number of carbonyl (C=O) groups is 2. The van der Waals surface area contributed by atoms with Crippen LogP contribution in [0.15, 0.2) is 24.3 Å². The molecule has 2 rings (SSSR count). The van der Waals surface area contributed by atoms with Gasteiger partial charge in [-0.2, -0.15) is 0 Å². The number of ether oxygens (including phenoxy) is 2. The first-order chi connectivity index (χ1) is 11.5. The van der Waals surface area contributed by atoms with E-state index in [2.05, 4.69) is 24.5 Å². The standard InChI is InChI=1S/C18H26N2O4/c1-13(2)14-5-7-15(8-6-14)20-18(22)12-23-11-17(21)19-10-16-4-3-9-24-16/h5-8,13,16H,3-4,9-12H2,1-2H3,(H,19,21)(H,20,22). The van der Waals surface area contributed by atoms with Gasteiger partial charge in [0.1, 0.15) is 13.2 Å². The Balaban J connectivity index is 1.61. The third kappa shape index (κ3) is 6.29. The molecular formula is C18H26N2O4. The van der Waals surface area contributed by atoms with E-state index in [0.717, 1.165) is 25.1 Å². The summed E-state index contributed by atoms with van der Waals surface area (Å²) >= 11 is 0. The molecule has 0 radical (unpaired) electrons. The van der Waals surface area contributed by atoms with Crippen LogP contribution in [0.4, 0.5) is 5.69 Å². The zero-order valence-electron chi connectivity index (χ0n) is 14.3. The summed E-state index contributed by atoms with van der Waals surface area (Å²) in [4.78, 5) is 23.4. The molecule has 0 spiro atoms. The Kier molecular flexibility index (Phi) is 7.21. The number of carbonyl (C=O) groups excluding carboxylic acids is 2. The van der Waals surface area contributed by atoms with Crippen molar-refractivity contribution in [3.8, 4) is 0 Å². The van der Waals surface area contributed by atoms with Crippen molar-refractivity contribution < 1.29 is 19.1 Å². The van der Waals surface area contributed by atoms with E-state index in [1.165, 1.54) is 5.56 Å². The van der Waals surface area contributed by atoms with E-state index in [1.54, 1.807) is 0 Å². The Labute approximate surface area is 142 Å². The van der Waals surface area contributed by atoms with Crippen LogP contribution >= 0.6 is 0 Å². The highest BCUT2D eigenvalue weighted by Crippen LogP contribution is 2.17. The maximum Gasteiger partial charge on any atom is 0.250 e. The number of hydrogen-bond acceptors (Lipinski definition) is 4. The third-order valence-corrected chi connectivity index (χ3v) is 3.88. The zero-order valence-corrected chi connectivity index (χ0v) is 14.3. The monoisotopic (exact) mass is 334 g/mol. The molecule has 0 aromatic heterocycles. The number of hydrogen-bond donors (Lipinski definition) is 2. The first kappa shape index (κ1) is 18.4. The molecule has 1 atom stereocenters. The van der Waals surface area contributed by atoms with E-state index in [1.807, 2.05) is 24.3 Å². The highest BCUT2D eigenvalue weighted by Gasteiger charge is 2.16. The van der Waals surface area contributed by atoms with E-state index in [-0.39, 0.29) is 31.1 Å². The van der Waals surface area contributed by atoms with Gasteiger partial charge in [0.15, 0.2) is 0 Å². The lowest BCUT2D eigenvalue weighted by molar-refractivity contribution is -0.129. The molecule has 1 aliphatic rings. The topological polar surface area (TPSA) is 76.7 Å². The van der Waals surface area contributed by atoms with Crippen molar-refractivity contribution >= 4 is 17.5 Å². The fraction of sp³-hybridized carbons (Fsp3) is 0.556. The van der Waals surface area contributed by atoms with Crippen molar-refractivity contribution in [2.75, 3.05) is 31.7 Å². The van der Waals surface area contributed by atoms with E-state index in [9.17, 15) is 9.59 Å². The minimum Gasteiger partial charge on any atom is -0.376 e. The summed E-state index contributed by atoms with van der Waals surface area (Å²) in [5.74, 6) is -0.0648. The molecule has 1 saturated heterocycles. The van der Waals surface area contributed by atoms with E-state index >= 15 is 0 Å². The molecule has 1 fully saturated rings. The first-order valence-electron chi connectivity index (χ1n) is 8.40. The molecule has 0 saturated carbocycles. The second-order valence-electron chi connectivity index (χ2n) is 6.26. The molecule has 0 aliphatic carbocycles. The molecule has 1 aromatic rings. The summed E-state index contributed by atoms with van der Waals surface area (Å²) in [6.07, 6.45) is 2.11. The van der Waals surface area contributed by atoms with Crippen LogP contribution < -0.4 is 10.6 Å². The highest BCUT2D eigenvalue weighted by atomic mass is 16.5. The minimum atomic E-state index is -0.278. The van der Waals surface area contributed by atoms with Crippen molar-refractivity contribution in [3.05, 3.63) is 29.8 Å². The third-order valence-electron chi connectivity index (χ3n) is 3.88. The number of benzene rings is 1. The van der Waals surface area contributed by atoms with Crippen molar-refractivity contribution in [3.63, 3.8) is 0 Å². The first-order valence-corrected chi connectivity index (χ1v) is 8.40. The molecule has 1 heterocycles. The van der Waals surface area contributed by atoms with E-state index < -0.39 is 0 Å². The summed E-state index contributed by atoms with van der Waals surface area (Å²) in [6.45, 7) is 5.20. The zero-order chi connectivity index (χ0) is 17.4. The number of anilines is 1. The normalized spacial score (nSPS) is 17.0. The summed E-state index contributed by atoms with van der Waals surface area (Å²) in [5, 5.41) is 5.49. The van der Waals surface area contributed by atoms with Crippen LogP contribution in [0.25, 0.3) is 0 Å². The van der Waals surface area contributed by atoms with Gasteiger partial charge in [0.05, 0.1) is 6.10 Å².